The monoisotopic (exact) mass is 387 g/mol. The Morgan fingerprint density at radius 1 is 1.19 bits per heavy atom. The number of anilines is 1. The highest BCUT2D eigenvalue weighted by atomic mass is 35.5. The summed E-state index contributed by atoms with van der Waals surface area (Å²) in [4.78, 5) is 27.3. The van der Waals surface area contributed by atoms with Gasteiger partial charge < -0.3 is 15.5 Å². The van der Waals surface area contributed by atoms with Crippen molar-refractivity contribution in [2.24, 2.45) is 0 Å². The average Bonchev–Trinajstić information content (AvgIpc) is 2.67. The molecular formula is C20H19ClFN3O2. The van der Waals surface area contributed by atoms with Crippen molar-refractivity contribution in [1.82, 2.24) is 10.2 Å². The highest BCUT2D eigenvalue weighted by molar-refractivity contribution is 6.31. The molecule has 2 aromatic carbocycles. The third-order valence-corrected chi connectivity index (χ3v) is 5.49. The van der Waals surface area contributed by atoms with Gasteiger partial charge in [-0.1, -0.05) is 35.9 Å². The average molecular weight is 388 g/mol. The third-order valence-electron chi connectivity index (χ3n) is 5.14. The Morgan fingerprint density at radius 3 is 2.81 bits per heavy atom. The fraction of sp³-hybridized carbons (Fsp3) is 0.300. The van der Waals surface area contributed by atoms with Crippen LogP contribution in [0, 0.1) is 5.82 Å². The van der Waals surface area contributed by atoms with Crippen LogP contribution in [0.5, 0.6) is 0 Å². The quantitative estimate of drug-likeness (QED) is 0.832. The molecule has 2 aromatic rings. The Morgan fingerprint density at radius 2 is 2.00 bits per heavy atom. The largest absolute Gasteiger partial charge is 0.332 e. The Bertz CT molecular complexity index is 905. The lowest BCUT2D eigenvalue weighted by Crippen LogP contribution is -2.50. The lowest BCUT2D eigenvalue weighted by molar-refractivity contribution is -0.138. The van der Waals surface area contributed by atoms with E-state index >= 15 is 0 Å². The van der Waals surface area contributed by atoms with E-state index in [1.54, 1.807) is 17.0 Å². The topological polar surface area (TPSA) is 61.4 Å². The van der Waals surface area contributed by atoms with E-state index in [9.17, 15) is 14.0 Å². The van der Waals surface area contributed by atoms with Gasteiger partial charge in [0.25, 0.3) is 0 Å². The molecule has 0 aliphatic carbocycles. The normalized spacial score (nSPS) is 22.1. The zero-order valence-corrected chi connectivity index (χ0v) is 15.3. The Kier molecular flexibility index (Phi) is 4.85. The molecule has 7 heteroatoms. The maximum atomic E-state index is 13.6. The smallest absolute Gasteiger partial charge is 0.231 e. The first-order valence-electron chi connectivity index (χ1n) is 8.89. The van der Waals surface area contributed by atoms with Gasteiger partial charge in [0.1, 0.15) is 5.82 Å². The molecule has 0 bridgehead atoms. The van der Waals surface area contributed by atoms with Crippen molar-refractivity contribution < 1.29 is 14.0 Å². The summed E-state index contributed by atoms with van der Waals surface area (Å²) in [5.41, 5.74) is 1.89. The minimum absolute atomic E-state index is 0.0522. The molecule has 2 aliphatic heterocycles. The second kappa shape index (κ2) is 7.29. The minimum Gasteiger partial charge on any atom is -0.332 e. The number of hydrogen-bond acceptors (Lipinski definition) is 3. The van der Waals surface area contributed by atoms with E-state index in [0.717, 1.165) is 5.56 Å². The van der Waals surface area contributed by atoms with Gasteiger partial charge in [-0.2, -0.15) is 0 Å². The number of rotatable bonds is 2. The summed E-state index contributed by atoms with van der Waals surface area (Å²) in [6.45, 7) is 1.77. The second-order valence-corrected chi connectivity index (χ2v) is 7.22. The third kappa shape index (κ3) is 3.42. The molecule has 4 rings (SSSR count). The van der Waals surface area contributed by atoms with Crippen LogP contribution in [-0.2, 0) is 9.59 Å². The zero-order valence-electron chi connectivity index (χ0n) is 14.5. The van der Waals surface area contributed by atoms with Gasteiger partial charge in [-0.05, 0) is 29.3 Å². The number of amides is 2. The van der Waals surface area contributed by atoms with Gasteiger partial charge in [-0.15, -0.1) is 0 Å². The minimum atomic E-state index is -0.627. The van der Waals surface area contributed by atoms with Crippen LogP contribution in [0.25, 0.3) is 0 Å². The molecule has 1 fully saturated rings. The van der Waals surface area contributed by atoms with Crippen LogP contribution in [0.15, 0.2) is 42.5 Å². The zero-order chi connectivity index (χ0) is 19.0. The van der Waals surface area contributed by atoms with Gasteiger partial charge in [0.05, 0.1) is 12.0 Å². The maximum Gasteiger partial charge on any atom is 0.231 e. The van der Waals surface area contributed by atoms with Crippen molar-refractivity contribution in [1.29, 1.82) is 0 Å². The van der Waals surface area contributed by atoms with E-state index in [-0.39, 0.29) is 24.3 Å². The van der Waals surface area contributed by atoms with Crippen molar-refractivity contribution in [3.05, 3.63) is 64.4 Å². The summed E-state index contributed by atoms with van der Waals surface area (Å²) in [7, 11) is 0. The van der Waals surface area contributed by atoms with Crippen LogP contribution in [0.1, 0.15) is 29.5 Å². The van der Waals surface area contributed by atoms with Crippen LogP contribution in [0.2, 0.25) is 5.02 Å². The lowest BCUT2D eigenvalue weighted by atomic mass is 9.88. The number of nitrogens with one attached hydrogen (secondary N) is 2. The predicted molar refractivity (Wildman–Crippen MR) is 101 cm³/mol. The number of nitrogens with zero attached hydrogens (tertiary/aromatic N) is 1. The number of carbonyl (C=O) groups is 2. The molecule has 140 valence electrons. The molecule has 2 atom stereocenters. The van der Waals surface area contributed by atoms with Gasteiger partial charge >= 0.3 is 0 Å². The highest BCUT2D eigenvalue weighted by Gasteiger charge is 2.37. The molecule has 5 nitrogen and oxygen atoms in total. The fourth-order valence-electron chi connectivity index (χ4n) is 3.85. The van der Waals surface area contributed by atoms with Crippen molar-refractivity contribution >= 4 is 29.1 Å². The lowest BCUT2D eigenvalue weighted by Gasteiger charge is -2.39. The summed E-state index contributed by atoms with van der Waals surface area (Å²) in [6.07, 6.45) is 0.0522. The van der Waals surface area contributed by atoms with Gasteiger partial charge in [0, 0.05) is 36.8 Å². The summed E-state index contributed by atoms with van der Waals surface area (Å²) in [5, 5.41) is 6.56. The van der Waals surface area contributed by atoms with Crippen molar-refractivity contribution in [2.75, 3.05) is 25.0 Å². The van der Waals surface area contributed by atoms with Gasteiger partial charge in [0.15, 0.2) is 0 Å². The molecule has 0 spiro atoms. The molecule has 0 aromatic heterocycles. The molecule has 2 N–H and O–H groups in total. The van der Waals surface area contributed by atoms with Gasteiger partial charge in [0.2, 0.25) is 11.8 Å². The first-order valence-corrected chi connectivity index (χ1v) is 9.27. The Hall–Kier alpha value is -2.44. The summed E-state index contributed by atoms with van der Waals surface area (Å²) in [5.74, 6) is -1.49. The molecule has 2 aliphatic rings. The SMILES string of the molecule is O=C1CC(C(=O)N2CCNCC2c2ccccc2Cl)c2ccc(F)cc2N1. The van der Waals surface area contributed by atoms with E-state index < -0.39 is 11.7 Å². The highest BCUT2D eigenvalue weighted by Crippen LogP contribution is 2.37. The van der Waals surface area contributed by atoms with E-state index in [1.807, 2.05) is 18.2 Å². The fourth-order valence-corrected chi connectivity index (χ4v) is 4.11. The number of benzene rings is 2. The number of halogens is 2. The maximum absolute atomic E-state index is 13.6. The van der Waals surface area contributed by atoms with Crippen LogP contribution in [0.4, 0.5) is 10.1 Å². The molecule has 2 heterocycles. The van der Waals surface area contributed by atoms with Gasteiger partial charge in [-0.3, -0.25) is 9.59 Å². The summed E-state index contributed by atoms with van der Waals surface area (Å²) in [6, 6.07) is 11.4. The van der Waals surface area contributed by atoms with E-state index in [0.29, 0.717) is 35.9 Å². The van der Waals surface area contributed by atoms with E-state index in [1.165, 1.54) is 12.1 Å². The molecule has 2 unspecified atom stereocenters. The molecule has 0 radical (unpaired) electrons. The first kappa shape index (κ1) is 17.9. The summed E-state index contributed by atoms with van der Waals surface area (Å²) < 4.78 is 13.6. The number of piperazine rings is 1. The molecule has 0 saturated carbocycles. The van der Waals surface area contributed by atoms with E-state index in [4.69, 9.17) is 11.6 Å². The van der Waals surface area contributed by atoms with Crippen molar-refractivity contribution in [2.45, 2.75) is 18.4 Å². The van der Waals surface area contributed by atoms with Gasteiger partial charge in [-0.25, -0.2) is 4.39 Å². The van der Waals surface area contributed by atoms with E-state index in [2.05, 4.69) is 10.6 Å². The van der Waals surface area contributed by atoms with Crippen LogP contribution < -0.4 is 10.6 Å². The van der Waals surface area contributed by atoms with Crippen LogP contribution >= 0.6 is 11.6 Å². The molecule has 1 saturated heterocycles. The van der Waals surface area contributed by atoms with Crippen molar-refractivity contribution in [3.8, 4) is 0 Å². The first-order chi connectivity index (χ1) is 13.0. The number of fused-ring (bicyclic) bond motifs is 1. The Balaban J connectivity index is 1.69. The molecule has 2 amide bonds. The Labute approximate surface area is 161 Å². The number of carbonyl (C=O) groups excluding carboxylic acids is 2. The second-order valence-electron chi connectivity index (χ2n) is 6.81. The van der Waals surface area contributed by atoms with Crippen LogP contribution in [-0.4, -0.2) is 36.3 Å². The van der Waals surface area contributed by atoms with Crippen molar-refractivity contribution in [3.63, 3.8) is 0 Å². The predicted octanol–water partition coefficient (Wildman–Crippen LogP) is 3.08. The molecule has 27 heavy (non-hydrogen) atoms. The number of hydrogen-bond donors (Lipinski definition) is 2. The van der Waals surface area contributed by atoms with Crippen LogP contribution in [0.3, 0.4) is 0 Å². The summed E-state index contributed by atoms with van der Waals surface area (Å²) >= 11 is 6.36. The molecular weight excluding hydrogens is 369 g/mol. The standard InChI is InChI=1S/C20H19ClFN3O2/c21-16-4-2-1-3-14(16)18-11-23-7-8-25(18)20(27)15-10-19(26)24-17-9-12(22)5-6-13(15)17/h1-6,9,15,18,23H,7-8,10-11H2,(H,24,26).